The number of ketones is 1. The Kier molecular flexibility index (Phi) is 5.56. The largest absolute Gasteiger partial charge is 0.371 e. The molecule has 0 aromatic rings. The Morgan fingerprint density at radius 2 is 2.07 bits per heavy atom. The molecule has 0 aromatic carbocycles. The van der Waals surface area contributed by atoms with E-state index in [1.807, 2.05) is 25.6 Å². The third-order valence-electron chi connectivity index (χ3n) is 2.36. The second-order valence-electron chi connectivity index (χ2n) is 4.12. The van der Waals surface area contributed by atoms with Crippen molar-refractivity contribution >= 4 is 17.5 Å². The highest BCUT2D eigenvalue weighted by molar-refractivity contribution is 8.00. The third-order valence-corrected chi connectivity index (χ3v) is 3.79. The van der Waals surface area contributed by atoms with E-state index in [1.165, 1.54) is 25.7 Å². The maximum absolute atomic E-state index is 11.4. The van der Waals surface area contributed by atoms with Gasteiger partial charge in [-0.1, -0.05) is 12.8 Å². The van der Waals surface area contributed by atoms with Crippen LogP contribution in [0, 0.1) is 0 Å². The minimum atomic E-state index is 0.162. The third kappa shape index (κ3) is 5.01. The van der Waals surface area contributed by atoms with Gasteiger partial charge >= 0.3 is 0 Å². The van der Waals surface area contributed by atoms with Crippen molar-refractivity contribution in [1.82, 2.24) is 0 Å². The van der Waals surface area contributed by atoms with Gasteiger partial charge in [0.2, 0.25) is 0 Å². The van der Waals surface area contributed by atoms with Crippen LogP contribution in [0.25, 0.3) is 0 Å². The van der Waals surface area contributed by atoms with E-state index >= 15 is 0 Å². The molecule has 0 atom stereocenters. The summed E-state index contributed by atoms with van der Waals surface area (Å²) in [5, 5.41) is 0.734. The number of ether oxygens (including phenoxy) is 1. The lowest BCUT2D eigenvalue weighted by Gasteiger charge is -2.09. The van der Waals surface area contributed by atoms with E-state index in [0.717, 1.165) is 5.25 Å². The topological polar surface area (TPSA) is 26.3 Å². The molecule has 3 heteroatoms. The summed E-state index contributed by atoms with van der Waals surface area (Å²) in [7, 11) is 0. The molecule has 82 valence electrons. The van der Waals surface area contributed by atoms with Gasteiger partial charge in [-0.25, -0.2) is 0 Å². The smallest absolute Gasteiger partial charge is 0.168 e. The fraction of sp³-hybridized carbons (Fsp3) is 0.909. The second-order valence-corrected chi connectivity index (χ2v) is 5.40. The van der Waals surface area contributed by atoms with Gasteiger partial charge in [0.15, 0.2) is 5.78 Å². The predicted octanol–water partition coefficient (Wildman–Crippen LogP) is 2.66. The summed E-state index contributed by atoms with van der Waals surface area (Å²) in [5.74, 6) is 0.868. The van der Waals surface area contributed by atoms with Crippen molar-refractivity contribution in [3.8, 4) is 0 Å². The maximum atomic E-state index is 11.4. The van der Waals surface area contributed by atoms with Crippen LogP contribution in [0.4, 0.5) is 0 Å². The molecule has 1 fully saturated rings. The minimum absolute atomic E-state index is 0.162. The molecule has 0 saturated heterocycles. The number of carbonyl (C=O) groups is 1. The van der Waals surface area contributed by atoms with Crippen molar-refractivity contribution in [3.63, 3.8) is 0 Å². The Morgan fingerprint density at radius 1 is 1.43 bits per heavy atom. The average molecular weight is 216 g/mol. The van der Waals surface area contributed by atoms with E-state index in [0.29, 0.717) is 5.75 Å². The van der Waals surface area contributed by atoms with Crippen LogP contribution < -0.4 is 0 Å². The summed E-state index contributed by atoms with van der Waals surface area (Å²) in [6.45, 7) is 4.20. The zero-order chi connectivity index (χ0) is 10.4. The molecule has 0 amide bonds. The van der Waals surface area contributed by atoms with Gasteiger partial charge in [-0.05, 0) is 26.7 Å². The van der Waals surface area contributed by atoms with Crippen LogP contribution in [0.1, 0.15) is 39.5 Å². The van der Waals surface area contributed by atoms with Gasteiger partial charge in [-0.3, -0.25) is 4.79 Å². The van der Waals surface area contributed by atoms with Crippen molar-refractivity contribution in [2.45, 2.75) is 50.9 Å². The lowest BCUT2D eigenvalue weighted by atomic mass is 10.4. The fourth-order valence-corrected chi connectivity index (χ4v) is 2.74. The molecular formula is C11H20O2S. The predicted molar refractivity (Wildman–Crippen MR) is 60.8 cm³/mol. The molecule has 0 unspecified atom stereocenters. The van der Waals surface area contributed by atoms with Crippen molar-refractivity contribution in [2.24, 2.45) is 0 Å². The van der Waals surface area contributed by atoms with Crippen LogP contribution in [0.15, 0.2) is 0 Å². The second kappa shape index (κ2) is 6.46. The van der Waals surface area contributed by atoms with E-state index in [9.17, 15) is 4.79 Å². The van der Waals surface area contributed by atoms with Gasteiger partial charge in [-0.2, -0.15) is 11.8 Å². The molecule has 0 heterocycles. The lowest BCUT2D eigenvalue weighted by Crippen LogP contribution is -2.16. The highest BCUT2D eigenvalue weighted by Gasteiger charge is 2.16. The van der Waals surface area contributed by atoms with Crippen LogP contribution >= 0.6 is 11.8 Å². The minimum Gasteiger partial charge on any atom is -0.371 e. The first kappa shape index (κ1) is 12.1. The molecule has 0 radical (unpaired) electrons. The summed E-state index contributed by atoms with van der Waals surface area (Å²) in [4.78, 5) is 11.4. The first-order valence-corrected chi connectivity index (χ1v) is 6.48. The van der Waals surface area contributed by atoms with Gasteiger partial charge in [0, 0.05) is 5.25 Å². The van der Waals surface area contributed by atoms with Crippen LogP contribution in [0.5, 0.6) is 0 Å². The Labute approximate surface area is 90.8 Å². The van der Waals surface area contributed by atoms with Crippen molar-refractivity contribution in [1.29, 1.82) is 0 Å². The maximum Gasteiger partial charge on any atom is 0.168 e. The molecule has 0 N–H and O–H groups in total. The molecule has 0 bridgehead atoms. The number of thioether (sulfide) groups is 1. The quantitative estimate of drug-likeness (QED) is 0.683. The van der Waals surface area contributed by atoms with Gasteiger partial charge in [-0.15, -0.1) is 0 Å². The van der Waals surface area contributed by atoms with Crippen LogP contribution in [-0.4, -0.2) is 29.5 Å². The number of carbonyl (C=O) groups excluding carboxylic acids is 1. The number of hydrogen-bond donors (Lipinski definition) is 0. The highest BCUT2D eigenvalue weighted by Crippen LogP contribution is 2.29. The molecule has 2 nitrogen and oxygen atoms in total. The van der Waals surface area contributed by atoms with E-state index < -0.39 is 0 Å². The normalized spacial score (nSPS) is 17.9. The van der Waals surface area contributed by atoms with Crippen LogP contribution in [0.2, 0.25) is 0 Å². The fourth-order valence-electron chi connectivity index (χ4n) is 1.57. The highest BCUT2D eigenvalue weighted by atomic mass is 32.2. The van der Waals surface area contributed by atoms with Crippen molar-refractivity contribution in [3.05, 3.63) is 0 Å². The summed E-state index contributed by atoms with van der Waals surface area (Å²) in [5.41, 5.74) is 0. The monoisotopic (exact) mass is 216 g/mol. The Bertz CT molecular complexity index is 174. The Morgan fingerprint density at radius 3 is 2.64 bits per heavy atom. The van der Waals surface area contributed by atoms with E-state index in [4.69, 9.17) is 4.74 Å². The molecule has 1 aliphatic carbocycles. The van der Waals surface area contributed by atoms with E-state index in [2.05, 4.69) is 0 Å². The first-order valence-electron chi connectivity index (χ1n) is 5.43. The molecule has 0 aromatic heterocycles. The SMILES string of the molecule is CC(C)OCC(=O)CSC1CCCC1. The number of rotatable bonds is 6. The molecule has 1 rings (SSSR count). The molecular weight excluding hydrogens is 196 g/mol. The van der Waals surface area contributed by atoms with E-state index in [1.54, 1.807) is 0 Å². The van der Waals surface area contributed by atoms with Gasteiger partial charge in [0.25, 0.3) is 0 Å². The average Bonchev–Trinajstić information content (AvgIpc) is 2.63. The summed E-state index contributed by atoms with van der Waals surface area (Å²) < 4.78 is 5.26. The van der Waals surface area contributed by atoms with Crippen LogP contribution in [0.3, 0.4) is 0 Å². The number of hydrogen-bond acceptors (Lipinski definition) is 3. The van der Waals surface area contributed by atoms with Gasteiger partial charge in [0.05, 0.1) is 11.9 Å². The summed E-state index contributed by atoms with van der Waals surface area (Å²) in [6, 6.07) is 0. The lowest BCUT2D eigenvalue weighted by molar-refractivity contribution is -0.122. The molecule has 1 saturated carbocycles. The Balaban J connectivity index is 2.02. The molecule has 14 heavy (non-hydrogen) atoms. The number of Topliss-reactive ketones (excluding diaryl/α,β-unsaturated/α-hetero) is 1. The van der Waals surface area contributed by atoms with E-state index in [-0.39, 0.29) is 18.5 Å². The standard InChI is InChI=1S/C11H20O2S/c1-9(2)13-7-10(12)8-14-11-5-3-4-6-11/h9,11H,3-8H2,1-2H3. The molecule has 1 aliphatic rings. The Hall–Kier alpha value is -0.0200. The first-order chi connectivity index (χ1) is 6.68. The van der Waals surface area contributed by atoms with Gasteiger partial charge in [0.1, 0.15) is 6.61 Å². The molecule has 0 spiro atoms. The van der Waals surface area contributed by atoms with Crippen molar-refractivity contribution < 1.29 is 9.53 Å². The van der Waals surface area contributed by atoms with Crippen molar-refractivity contribution in [2.75, 3.05) is 12.4 Å². The zero-order valence-corrected chi connectivity index (χ0v) is 9.94. The zero-order valence-electron chi connectivity index (χ0n) is 9.12. The van der Waals surface area contributed by atoms with Crippen LogP contribution in [-0.2, 0) is 9.53 Å². The summed E-state index contributed by atoms with van der Waals surface area (Å²) >= 11 is 1.81. The van der Waals surface area contributed by atoms with Gasteiger partial charge < -0.3 is 4.74 Å². The summed E-state index contributed by atoms with van der Waals surface area (Å²) in [6.07, 6.45) is 5.43. The molecule has 0 aliphatic heterocycles.